The van der Waals surface area contributed by atoms with Crippen LogP contribution in [0, 0.1) is 0 Å². The van der Waals surface area contributed by atoms with Gasteiger partial charge in [0.05, 0.1) is 19.8 Å². The maximum atomic E-state index is 5.79. The van der Waals surface area contributed by atoms with Crippen LogP contribution in [0.15, 0.2) is 12.1 Å². The van der Waals surface area contributed by atoms with Gasteiger partial charge in [0.25, 0.3) is 0 Å². The number of fused-ring (bicyclic) bond motifs is 1. The quantitative estimate of drug-likeness (QED) is 0.562. The highest BCUT2D eigenvalue weighted by Gasteiger charge is 2.19. The van der Waals surface area contributed by atoms with Gasteiger partial charge in [0.15, 0.2) is 17.3 Å². The second-order valence-electron chi connectivity index (χ2n) is 5.57. The lowest BCUT2D eigenvalue weighted by molar-refractivity contribution is 0.261. The van der Waals surface area contributed by atoms with Crippen molar-refractivity contribution in [3.63, 3.8) is 0 Å². The first-order valence-corrected chi connectivity index (χ1v) is 9.81. The minimum absolute atomic E-state index is 0.538. The van der Waals surface area contributed by atoms with Crippen LogP contribution in [0.1, 0.15) is 39.9 Å². The molecule has 0 radical (unpaired) electrons. The van der Waals surface area contributed by atoms with E-state index in [0.29, 0.717) is 37.1 Å². The lowest BCUT2D eigenvalue weighted by atomic mass is 10.2. The summed E-state index contributed by atoms with van der Waals surface area (Å²) in [6.07, 6.45) is 1.85. The number of aromatic nitrogens is 4. The minimum atomic E-state index is 0.538. The maximum absolute atomic E-state index is 5.79. The standard InChI is InChI=1S/C18H24N4O3S/c1-5-9-15-19-20-18-22(15)21-17(26-18)12-10-13(23-6-2)16(25-8-4)14(11-12)24-7-3/h10-11H,5-9H2,1-4H3. The molecule has 0 unspecified atom stereocenters. The van der Waals surface area contributed by atoms with E-state index in [-0.39, 0.29) is 0 Å². The van der Waals surface area contributed by atoms with Gasteiger partial charge in [-0.05, 0) is 39.3 Å². The van der Waals surface area contributed by atoms with Crippen LogP contribution in [0.4, 0.5) is 0 Å². The van der Waals surface area contributed by atoms with Gasteiger partial charge in [0, 0.05) is 12.0 Å². The summed E-state index contributed by atoms with van der Waals surface area (Å²) in [6, 6.07) is 3.89. The van der Waals surface area contributed by atoms with Crippen molar-refractivity contribution in [1.29, 1.82) is 0 Å². The van der Waals surface area contributed by atoms with Crippen LogP contribution < -0.4 is 14.2 Å². The second-order valence-corrected chi connectivity index (χ2v) is 6.52. The smallest absolute Gasteiger partial charge is 0.234 e. The first-order valence-electron chi connectivity index (χ1n) is 8.99. The van der Waals surface area contributed by atoms with Gasteiger partial charge < -0.3 is 14.2 Å². The summed E-state index contributed by atoms with van der Waals surface area (Å²) in [4.78, 5) is 0.785. The SMILES string of the molecule is CCCc1nnc2sc(-c3cc(OCC)c(OCC)c(OCC)c3)nn12. The van der Waals surface area contributed by atoms with Crippen LogP contribution >= 0.6 is 11.3 Å². The van der Waals surface area contributed by atoms with Crippen molar-refractivity contribution in [1.82, 2.24) is 19.8 Å². The minimum Gasteiger partial charge on any atom is -0.490 e. The number of aryl methyl sites for hydroxylation is 1. The van der Waals surface area contributed by atoms with Crippen molar-refractivity contribution in [3.05, 3.63) is 18.0 Å². The lowest BCUT2D eigenvalue weighted by Crippen LogP contribution is -2.03. The fraction of sp³-hybridized carbons (Fsp3) is 0.500. The molecule has 0 saturated heterocycles. The molecule has 26 heavy (non-hydrogen) atoms. The third-order valence-corrected chi connectivity index (χ3v) is 4.63. The summed E-state index contributed by atoms with van der Waals surface area (Å²) in [6.45, 7) is 9.57. The van der Waals surface area contributed by atoms with E-state index in [0.717, 1.165) is 34.2 Å². The van der Waals surface area contributed by atoms with Crippen LogP contribution in [-0.4, -0.2) is 39.6 Å². The van der Waals surface area contributed by atoms with Gasteiger partial charge in [-0.15, -0.1) is 10.2 Å². The largest absolute Gasteiger partial charge is 0.490 e. The van der Waals surface area contributed by atoms with Crippen molar-refractivity contribution in [3.8, 4) is 27.8 Å². The molecule has 0 spiro atoms. The Morgan fingerprint density at radius 2 is 1.58 bits per heavy atom. The van der Waals surface area contributed by atoms with Crippen LogP contribution in [0.3, 0.4) is 0 Å². The van der Waals surface area contributed by atoms with Gasteiger partial charge in [-0.1, -0.05) is 18.3 Å². The molecule has 0 bridgehead atoms. The van der Waals surface area contributed by atoms with Gasteiger partial charge in [0.2, 0.25) is 10.7 Å². The Kier molecular flexibility index (Phi) is 5.92. The van der Waals surface area contributed by atoms with E-state index in [1.54, 1.807) is 0 Å². The maximum Gasteiger partial charge on any atom is 0.234 e. The molecule has 7 nitrogen and oxygen atoms in total. The molecule has 8 heteroatoms. The summed E-state index contributed by atoms with van der Waals surface area (Å²) in [7, 11) is 0. The molecule has 0 amide bonds. The molecule has 1 aromatic carbocycles. The molecule has 3 rings (SSSR count). The molecule has 2 heterocycles. The van der Waals surface area contributed by atoms with E-state index < -0.39 is 0 Å². The molecular formula is C18H24N4O3S. The highest BCUT2D eigenvalue weighted by atomic mass is 32.1. The van der Waals surface area contributed by atoms with Gasteiger partial charge in [-0.25, -0.2) is 0 Å². The summed E-state index contributed by atoms with van der Waals surface area (Å²) in [5, 5.41) is 14.0. The Labute approximate surface area is 156 Å². The second kappa shape index (κ2) is 8.35. The van der Waals surface area contributed by atoms with E-state index in [1.807, 2.05) is 37.4 Å². The molecule has 0 saturated carbocycles. The van der Waals surface area contributed by atoms with Crippen LogP contribution in [0.25, 0.3) is 15.5 Å². The van der Waals surface area contributed by atoms with Crippen molar-refractivity contribution < 1.29 is 14.2 Å². The third kappa shape index (κ3) is 3.60. The molecule has 0 fully saturated rings. The Morgan fingerprint density at radius 3 is 2.15 bits per heavy atom. The number of hydrogen-bond donors (Lipinski definition) is 0. The fourth-order valence-corrected chi connectivity index (χ4v) is 3.51. The van der Waals surface area contributed by atoms with E-state index in [4.69, 9.17) is 19.3 Å². The topological polar surface area (TPSA) is 70.8 Å². The van der Waals surface area contributed by atoms with E-state index >= 15 is 0 Å². The zero-order chi connectivity index (χ0) is 18.5. The monoisotopic (exact) mass is 376 g/mol. The number of benzene rings is 1. The highest BCUT2D eigenvalue weighted by molar-refractivity contribution is 7.19. The molecule has 0 aliphatic heterocycles. The van der Waals surface area contributed by atoms with Crippen LogP contribution in [0.2, 0.25) is 0 Å². The first-order chi connectivity index (χ1) is 12.7. The predicted molar refractivity (Wildman–Crippen MR) is 102 cm³/mol. The highest BCUT2D eigenvalue weighted by Crippen LogP contribution is 2.42. The average molecular weight is 376 g/mol. The molecule has 140 valence electrons. The van der Waals surface area contributed by atoms with E-state index in [2.05, 4.69) is 17.1 Å². The van der Waals surface area contributed by atoms with Crippen molar-refractivity contribution >= 4 is 16.3 Å². The lowest BCUT2D eigenvalue weighted by Gasteiger charge is -2.16. The third-order valence-electron chi connectivity index (χ3n) is 3.69. The van der Waals surface area contributed by atoms with Gasteiger partial charge >= 0.3 is 0 Å². The van der Waals surface area contributed by atoms with E-state index in [9.17, 15) is 0 Å². The Balaban J connectivity index is 2.08. The summed E-state index contributed by atoms with van der Waals surface area (Å²) in [5.41, 5.74) is 0.915. The Hall–Kier alpha value is -2.35. The van der Waals surface area contributed by atoms with Crippen molar-refractivity contribution in [2.45, 2.75) is 40.5 Å². The summed E-state index contributed by atoms with van der Waals surface area (Å²) >= 11 is 1.50. The zero-order valence-corrected chi connectivity index (χ0v) is 16.4. The van der Waals surface area contributed by atoms with Crippen LogP contribution in [0.5, 0.6) is 17.2 Å². The predicted octanol–water partition coefficient (Wildman–Crippen LogP) is 4.00. The molecule has 0 aliphatic rings. The molecule has 2 aromatic heterocycles. The normalized spacial score (nSPS) is 11.1. The van der Waals surface area contributed by atoms with E-state index in [1.165, 1.54) is 11.3 Å². The summed E-state index contributed by atoms with van der Waals surface area (Å²) in [5.74, 6) is 2.84. The number of nitrogens with zero attached hydrogens (tertiary/aromatic N) is 4. The number of rotatable bonds is 9. The van der Waals surface area contributed by atoms with Crippen molar-refractivity contribution in [2.75, 3.05) is 19.8 Å². The summed E-state index contributed by atoms with van der Waals surface area (Å²) < 4.78 is 19.2. The fourth-order valence-electron chi connectivity index (χ4n) is 2.67. The Bertz CT molecular complexity index is 848. The zero-order valence-electron chi connectivity index (χ0n) is 15.6. The number of ether oxygens (including phenoxy) is 3. The van der Waals surface area contributed by atoms with Gasteiger partial charge in [-0.2, -0.15) is 9.61 Å². The Morgan fingerprint density at radius 1 is 0.923 bits per heavy atom. The first kappa shape index (κ1) is 18.4. The van der Waals surface area contributed by atoms with Crippen LogP contribution in [-0.2, 0) is 6.42 Å². The molecule has 0 N–H and O–H groups in total. The van der Waals surface area contributed by atoms with Gasteiger partial charge in [0.1, 0.15) is 5.01 Å². The molecule has 3 aromatic rings. The molecule has 0 atom stereocenters. The average Bonchev–Trinajstić information content (AvgIpc) is 3.20. The van der Waals surface area contributed by atoms with Gasteiger partial charge in [-0.3, -0.25) is 0 Å². The van der Waals surface area contributed by atoms with Crippen molar-refractivity contribution in [2.24, 2.45) is 0 Å². The molecule has 0 aliphatic carbocycles. The number of hydrogen-bond acceptors (Lipinski definition) is 7. The molecular weight excluding hydrogens is 352 g/mol.